The SMILES string of the molecule is O=C(CN1CCC(NC(=O)c2ccc3nc(C(F)F)[nH]c3c2)CC1)Nc1ccccc1. The highest BCUT2D eigenvalue weighted by Gasteiger charge is 2.23. The topological polar surface area (TPSA) is 90.1 Å². The monoisotopic (exact) mass is 427 g/mol. The molecule has 0 bridgehead atoms. The number of amides is 2. The first-order chi connectivity index (χ1) is 15.0. The number of benzene rings is 2. The number of piperidine rings is 1. The zero-order valence-corrected chi connectivity index (χ0v) is 16.8. The van der Waals surface area contributed by atoms with Gasteiger partial charge >= 0.3 is 0 Å². The van der Waals surface area contributed by atoms with E-state index in [0.29, 0.717) is 36.2 Å². The Morgan fingerprint density at radius 2 is 1.87 bits per heavy atom. The molecule has 31 heavy (non-hydrogen) atoms. The Balaban J connectivity index is 1.27. The molecule has 2 heterocycles. The zero-order valence-electron chi connectivity index (χ0n) is 16.8. The van der Waals surface area contributed by atoms with Crippen LogP contribution in [0.2, 0.25) is 0 Å². The summed E-state index contributed by atoms with van der Waals surface area (Å²) < 4.78 is 25.6. The zero-order chi connectivity index (χ0) is 21.8. The number of halogens is 2. The summed E-state index contributed by atoms with van der Waals surface area (Å²) in [5, 5.41) is 5.87. The standard InChI is InChI=1S/C22H23F2N5O2/c23-20(24)21-27-17-7-6-14(12-18(17)28-21)22(31)26-16-8-10-29(11-9-16)13-19(30)25-15-4-2-1-3-5-15/h1-7,12,16,20H,8-11,13H2,(H,25,30)(H,26,31)(H,27,28). The maximum absolute atomic E-state index is 12.8. The van der Waals surface area contributed by atoms with Crippen molar-refractivity contribution < 1.29 is 18.4 Å². The van der Waals surface area contributed by atoms with Crippen LogP contribution in [0.5, 0.6) is 0 Å². The van der Waals surface area contributed by atoms with Gasteiger partial charge in [0.05, 0.1) is 17.6 Å². The van der Waals surface area contributed by atoms with Crippen LogP contribution in [0.1, 0.15) is 35.4 Å². The molecule has 1 aromatic heterocycles. The van der Waals surface area contributed by atoms with Crippen molar-refractivity contribution >= 4 is 28.5 Å². The lowest BCUT2D eigenvalue weighted by molar-refractivity contribution is -0.117. The molecule has 7 nitrogen and oxygen atoms in total. The predicted molar refractivity (Wildman–Crippen MR) is 113 cm³/mol. The molecular weight excluding hydrogens is 404 g/mol. The van der Waals surface area contributed by atoms with Crippen LogP contribution in [0.3, 0.4) is 0 Å². The first-order valence-electron chi connectivity index (χ1n) is 10.1. The highest BCUT2D eigenvalue weighted by molar-refractivity contribution is 5.97. The number of imidazole rings is 1. The molecule has 2 aromatic carbocycles. The lowest BCUT2D eigenvalue weighted by Gasteiger charge is -2.31. The molecule has 1 aliphatic rings. The van der Waals surface area contributed by atoms with Gasteiger partial charge in [-0.1, -0.05) is 18.2 Å². The average molecular weight is 427 g/mol. The van der Waals surface area contributed by atoms with Gasteiger partial charge in [0.2, 0.25) is 5.91 Å². The minimum atomic E-state index is -2.69. The number of para-hydroxylation sites is 1. The third kappa shape index (κ3) is 5.24. The van der Waals surface area contributed by atoms with Crippen molar-refractivity contribution in [2.75, 3.05) is 25.0 Å². The van der Waals surface area contributed by atoms with Crippen molar-refractivity contribution in [2.24, 2.45) is 0 Å². The molecule has 0 saturated carbocycles. The Bertz CT molecular complexity index is 1060. The van der Waals surface area contributed by atoms with E-state index < -0.39 is 12.2 Å². The number of nitrogens with zero attached hydrogens (tertiary/aromatic N) is 2. The maximum Gasteiger partial charge on any atom is 0.295 e. The third-order valence-electron chi connectivity index (χ3n) is 5.32. The number of aromatic nitrogens is 2. The minimum absolute atomic E-state index is 0.00461. The van der Waals surface area contributed by atoms with Crippen LogP contribution in [-0.4, -0.2) is 52.4 Å². The van der Waals surface area contributed by atoms with E-state index in [2.05, 4.69) is 25.5 Å². The highest BCUT2D eigenvalue weighted by Crippen LogP contribution is 2.21. The van der Waals surface area contributed by atoms with E-state index >= 15 is 0 Å². The largest absolute Gasteiger partial charge is 0.349 e. The van der Waals surface area contributed by atoms with Gasteiger partial charge in [-0.2, -0.15) is 0 Å². The minimum Gasteiger partial charge on any atom is -0.349 e. The van der Waals surface area contributed by atoms with E-state index in [9.17, 15) is 18.4 Å². The molecule has 1 saturated heterocycles. The molecule has 3 aromatic rings. The van der Waals surface area contributed by atoms with Gasteiger partial charge in [-0.25, -0.2) is 13.8 Å². The van der Waals surface area contributed by atoms with Gasteiger partial charge in [0, 0.05) is 30.4 Å². The summed E-state index contributed by atoms with van der Waals surface area (Å²) in [5.41, 5.74) is 1.96. The second kappa shape index (κ2) is 9.22. The average Bonchev–Trinajstić information content (AvgIpc) is 3.19. The Hall–Kier alpha value is -3.33. The molecular formula is C22H23F2N5O2. The molecule has 0 aliphatic carbocycles. The summed E-state index contributed by atoms with van der Waals surface area (Å²) in [6.45, 7) is 1.70. The first kappa shape index (κ1) is 20.9. The number of aromatic amines is 1. The lowest BCUT2D eigenvalue weighted by atomic mass is 10.0. The first-order valence-corrected chi connectivity index (χ1v) is 10.1. The van der Waals surface area contributed by atoms with E-state index in [1.165, 1.54) is 6.07 Å². The fraction of sp³-hybridized carbons (Fsp3) is 0.318. The van der Waals surface area contributed by atoms with Crippen LogP contribution >= 0.6 is 0 Å². The lowest BCUT2D eigenvalue weighted by Crippen LogP contribution is -2.46. The number of hydrogen-bond donors (Lipinski definition) is 3. The molecule has 162 valence electrons. The van der Waals surface area contributed by atoms with Gasteiger partial charge in [0.25, 0.3) is 12.3 Å². The van der Waals surface area contributed by atoms with Crippen molar-refractivity contribution in [1.82, 2.24) is 20.2 Å². The number of anilines is 1. The highest BCUT2D eigenvalue weighted by atomic mass is 19.3. The number of fused-ring (bicyclic) bond motifs is 1. The Labute approximate surface area is 177 Å². The summed E-state index contributed by atoms with van der Waals surface area (Å²) in [7, 11) is 0. The molecule has 0 atom stereocenters. The molecule has 0 unspecified atom stereocenters. The fourth-order valence-electron chi connectivity index (χ4n) is 3.70. The van der Waals surface area contributed by atoms with Gasteiger partial charge in [-0.15, -0.1) is 0 Å². The maximum atomic E-state index is 12.8. The second-order valence-electron chi connectivity index (χ2n) is 7.59. The molecule has 3 N–H and O–H groups in total. The van der Waals surface area contributed by atoms with Gasteiger partial charge in [-0.05, 0) is 43.2 Å². The number of H-pyrrole nitrogens is 1. The second-order valence-corrected chi connectivity index (χ2v) is 7.59. The number of alkyl halides is 2. The molecule has 1 aliphatic heterocycles. The Kier molecular flexibility index (Phi) is 6.22. The molecule has 1 fully saturated rings. The molecule has 0 spiro atoms. The van der Waals surface area contributed by atoms with Gasteiger partial charge in [0.1, 0.15) is 0 Å². The summed E-state index contributed by atoms with van der Waals surface area (Å²) in [6.07, 6.45) is -1.23. The Morgan fingerprint density at radius 3 is 2.58 bits per heavy atom. The predicted octanol–water partition coefficient (Wildman–Crippen LogP) is 3.33. The van der Waals surface area contributed by atoms with Crippen LogP contribution in [0.4, 0.5) is 14.5 Å². The van der Waals surface area contributed by atoms with Crippen LogP contribution in [0, 0.1) is 0 Å². The third-order valence-corrected chi connectivity index (χ3v) is 5.32. The van der Waals surface area contributed by atoms with Gasteiger partial charge < -0.3 is 15.6 Å². The van der Waals surface area contributed by atoms with Crippen LogP contribution < -0.4 is 10.6 Å². The number of carbonyl (C=O) groups is 2. The van der Waals surface area contributed by atoms with Crippen molar-refractivity contribution in [3.05, 3.63) is 59.9 Å². The Morgan fingerprint density at radius 1 is 1.13 bits per heavy atom. The summed E-state index contributed by atoms with van der Waals surface area (Å²) in [6, 6.07) is 14.0. The smallest absolute Gasteiger partial charge is 0.295 e. The molecule has 2 amide bonds. The van der Waals surface area contributed by atoms with Gasteiger partial charge in [0.15, 0.2) is 5.82 Å². The molecule has 0 radical (unpaired) electrons. The molecule has 9 heteroatoms. The normalized spacial score (nSPS) is 15.3. The van der Waals surface area contributed by atoms with E-state index in [4.69, 9.17) is 0 Å². The number of nitrogens with one attached hydrogen (secondary N) is 3. The van der Waals surface area contributed by atoms with Crippen molar-refractivity contribution in [3.63, 3.8) is 0 Å². The number of rotatable bonds is 6. The van der Waals surface area contributed by atoms with E-state index in [-0.39, 0.29) is 17.9 Å². The number of hydrogen-bond acceptors (Lipinski definition) is 4. The van der Waals surface area contributed by atoms with E-state index in [1.54, 1.807) is 12.1 Å². The van der Waals surface area contributed by atoms with E-state index in [0.717, 1.165) is 18.5 Å². The van der Waals surface area contributed by atoms with Crippen molar-refractivity contribution in [3.8, 4) is 0 Å². The summed E-state index contributed by atoms with van der Waals surface area (Å²) in [4.78, 5) is 33.2. The quantitative estimate of drug-likeness (QED) is 0.563. The van der Waals surface area contributed by atoms with Crippen molar-refractivity contribution in [2.45, 2.75) is 25.3 Å². The molecule has 4 rings (SSSR count). The van der Waals surface area contributed by atoms with Crippen LogP contribution in [-0.2, 0) is 4.79 Å². The van der Waals surface area contributed by atoms with Crippen LogP contribution in [0.25, 0.3) is 11.0 Å². The van der Waals surface area contributed by atoms with Crippen molar-refractivity contribution in [1.29, 1.82) is 0 Å². The summed E-state index contributed by atoms with van der Waals surface area (Å²) in [5.74, 6) is -0.726. The fourth-order valence-corrected chi connectivity index (χ4v) is 3.70. The summed E-state index contributed by atoms with van der Waals surface area (Å²) >= 11 is 0. The number of likely N-dealkylation sites (tertiary alicyclic amines) is 1. The van der Waals surface area contributed by atoms with Gasteiger partial charge in [-0.3, -0.25) is 14.5 Å². The number of carbonyl (C=O) groups excluding carboxylic acids is 2. The van der Waals surface area contributed by atoms with E-state index in [1.807, 2.05) is 30.3 Å². The van der Waals surface area contributed by atoms with Crippen LogP contribution in [0.15, 0.2) is 48.5 Å².